The quantitative estimate of drug-likeness (QED) is 0.500. The van der Waals surface area contributed by atoms with Crippen molar-refractivity contribution in [3.05, 3.63) is 21.7 Å². The Balaban J connectivity index is 3.23. The van der Waals surface area contributed by atoms with Gasteiger partial charge in [0, 0.05) is 11.1 Å². The number of hydrogen-bond acceptors (Lipinski definition) is 7. The van der Waals surface area contributed by atoms with E-state index < -0.39 is 46.7 Å². The number of aromatic hydroxyl groups is 1. The minimum atomic E-state index is -5.17. The SMILES string of the molecule is CCOC(=O)Cc1cc(O)c([N+](=O)[O-])nc1OC(F)(F)F. The van der Waals surface area contributed by atoms with E-state index in [1.165, 1.54) is 6.92 Å². The van der Waals surface area contributed by atoms with Gasteiger partial charge in [0.05, 0.1) is 18.6 Å². The summed E-state index contributed by atoms with van der Waals surface area (Å²) in [5.41, 5.74) is -0.492. The fraction of sp³-hybridized carbons (Fsp3) is 0.400. The van der Waals surface area contributed by atoms with Crippen LogP contribution in [0.2, 0.25) is 0 Å². The molecular weight excluding hydrogens is 301 g/mol. The van der Waals surface area contributed by atoms with Gasteiger partial charge in [-0.1, -0.05) is 0 Å². The van der Waals surface area contributed by atoms with Crippen molar-refractivity contribution in [1.82, 2.24) is 4.98 Å². The summed E-state index contributed by atoms with van der Waals surface area (Å²) in [7, 11) is 0. The number of nitrogens with zero attached hydrogens (tertiary/aromatic N) is 2. The van der Waals surface area contributed by atoms with Crippen molar-refractivity contribution in [2.75, 3.05) is 6.61 Å². The molecule has 1 rings (SSSR count). The predicted molar refractivity (Wildman–Crippen MR) is 59.6 cm³/mol. The van der Waals surface area contributed by atoms with Crippen molar-refractivity contribution >= 4 is 11.8 Å². The van der Waals surface area contributed by atoms with Gasteiger partial charge in [-0.2, -0.15) is 0 Å². The number of esters is 1. The Kier molecular flexibility index (Phi) is 4.89. The van der Waals surface area contributed by atoms with Crippen molar-refractivity contribution in [2.24, 2.45) is 0 Å². The molecule has 21 heavy (non-hydrogen) atoms. The molecule has 0 amide bonds. The second kappa shape index (κ2) is 6.24. The highest BCUT2D eigenvalue weighted by Crippen LogP contribution is 2.33. The molecule has 0 aromatic carbocycles. The molecule has 1 heterocycles. The van der Waals surface area contributed by atoms with Gasteiger partial charge in [0.15, 0.2) is 0 Å². The van der Waals surface area contributed by atoms with Crippen LogP contribution in [0.5, 0.6) is 11.6 Å². The highest BCUT2D eigenvalue weighted by Gasteiger charge is 2.37. The summed E-state index contributed by atoms with van der Waals surface area (Å²) < 4.78 is 44.7. The van der Waals surface area contributed by atoms with Crippen LogP contribution in [0.15, 0.2) is 6.07 Å². The molecule has 0 aliphatic rings. The average Bonchev–Trinajstić information content (AvgIpc) is 2.30. The first-order chi connectivity index (χ1) is 9.64. The van der Waals surface area contributed by atoms with E-state index in [1.54, 1.807) is 0 Å². The molecule has 0 spiro atoms. The third-order valence-corrected chi connectivity index (χ3v) is 2.05. The predicted octanol–water partition coefficient (Wildman–Crippen LogP) is 1.70. The lowest BCUT2D eigenvalue weighted by Gasteiger charge is -2.09. The molecule has 0 saturated carbocycles. The lowest BCUT2D eigenvalue weighted by Crippen LogP contribution is -2.20. The monoisotopic (exact) mass is 310 g/mol. The lowest BCUT2D eigenvalue weighted by molar-refractivity contribution is -0.391. The van der Waals surface area contributed by atoms with Crippen LogP contribution >= 0.6 is 0 Å². The fourth-order valence-electron chi connectivity index (χ4n) is 1.34. The van der Waals surface area contributed by atoms with Crippen LogP contribution in [-0.4, -0.2) is 34.0 Å². The molecule has 1 aromatic heterocycles. The first-order valence-corrected chi connectivity index (χ1v) is 5.42. The van der Waals surface area contributed by atoms with Crippen LogP contribution in [0.25, 0.3) is 0 Å². The number of pyridine rings is 1. The second-order valence-corrected chi connectivity index (χ2v) is 3.58. The zero-order chi connectivity index (χ0) is 16.2. The van der Waals surface area contributed by atoms with Gasteiger partial charge in [0.2, 0.25) is 5.75 Å². The van der Waals surface area contributed by atoms with Gasteiger partial charge in [0.1, 0.15) is 0 Å². The van der Waals surface area contributed by atoms with E-state index in [1.807, 2.05) is 0 Å². The first kappa shape index (κ1) is 16.5. The van der Waals surface area contributed by atoms with E-state index in [2.05, 4.69) is 14.5 Å². The topological polar surface area (TPSA) is 112 Å². The number of carbonyl (C=O) groups excluding carboxylic acids is 1. The maximum atomic E-state index is 12.2. The molecule has 116 valence electrons. The van der Waals surface area contributed by atoms with Gasteiger partial charge in [-0.05, 0) is 11.8 Å². The van der Waals surface area contributed by atoms with Crippen LogP contribution in [0.1, 0.15) is 12.5 Å². The molecule has 0 fully saturated rings. The minimum Gasteiger partial charge on any atom is -0.501 e. The van der Waals surface area contributed by atoms with Crippen molar-refractivity contribution in [3.8, 4) is 11.6 Å². The second-order valence-electron chi connectivity index (χ2n) is 3.58. The summed E-state index contributed by atoms with van der Waals surface area (Å²) >= 11 is 0. The normalized spacial score (nSPS) is 11.0. The molecule has 8 nitrogen and oxygen atoms in total. The van der Waals surface area contributed by atoms with Gasteiger partial charge < -0.3 is 24.7 Å². The third kappa shape index (κ3) is 4.78. The number of ether oxygens (including phenoxy) is 2. The number of halogens is 3. The lowest BCUT2D eigenvalue weighted by atomic mass is 10.2. The largest absolute Gasteiger partial charge is 0.575 e. The Morgan fingerprint density at radius 1 is 1.52 bits per heavy atom. The summed E-state index contributed by atoms with van der Waals surface area (Å²) in [6.45, 7) is 1.47. The van der Waals surface area contributed by atoms with Crippen molar-refractivity contribution in [3.63, 3.8) is 0 Å². The zero-order valence-corrected chi connectivity index (χ0v) is 10.5. The zero-order valence-electron chi connectivity index (χ0n) is 10.5. The summed E-state index contributed by atoms with van der Waals surface area (Å²) in [4.78, 5) is 23.6. The number of hydrogen-bond donors (Lipinski definition) is 1. The minimum absolute atomic E-state index is 0.0132. The first-order valence-electron chi connectivity index (χ1n) is 5.42. The van der Waals surface area contributed by atoms with E-state index in [0.29, 0.717) is 6.07 Å². The van der Waals surface area contributed by atoms with Gasteiger partial charge in [0.25, 0.3) is 0 Å². The molecule has 0 aliphatic carbocycles. The summed E-state index contributed by atoms with van der Waals surface area (Å²) in [6.07, 6.45) is -5.86. The third-order valence-electron chi connectivity index (χ3n) is 2.05. The highest BCUT2D eigenvalue weighted by molar-refractivity contribution is 5.73. The van der Waals surface area contributed by atoms with E-state index in [4.69, 9.17) is 0 Å². The Bertz CT molecular complexity index is 560. The van der Waals surface area contributed by atoms with Gasteiger partial charge in [-0.15, -0.1) is 13.2 Å². The molecule has 0 unspecified atom stereocenters. The molecule has 1 N–H and O–H groups in total. The fourth-order valence-corrected chi connectivity index (χ4v) is 1.34. The molecule has 0 radical (unpaired) electrons. The summed E-state index contributed by atoms with van der Waals surface area (Å²) in [5.74, 6) is -4.31. The highest BCUT2D eigenvalue weighted by atomic mass is 19.4. The molecule has 0 saturated heterocycles. The maximum absolute atomic E-state index is 12.2. The van der Waals surface area contributed by atoms with Crippen molar-refractivity contribution in [2.45, 2.75) is 19.7 Å². The van der Waals surface area contributed by atoms with E-state index in [0.717, 1.165) is 0 Å². The van der Waals surface area contributed by atoms with Gasteiger partial charge in [-0.25, -0.2) is 0 Å². The Morgan fingerprint density at radius 2 is 2.14 bits per heavy atom. The number of carbonyl (C=O) groups is 1. The van der Waals surface area contributed by atoms with Crippen molar-refractivity contribution < 1.29 is 37.5 Å². The maximum Gasteiger partial charge on any atom is 0.575 e. The number of rotatable bonds is 5. The van der Waals surface area contributed by atoms with Gasteiger partial charge >= 0.3 is 24.0 Å². The van der Waals surface area contributed by atoms with Crippen LogP contribution in [0.4, 0.5) is 19.0 Å². The Hall–Kier alpha value is -2.59. The smallest absolute Gasteiger partial charge is 0.501 e. The van der Waals surface area contributed by atoms with E-state index >= 15 is 0 Å². The summed E-state index contributed by atoms with van der Waals surface area (Å²) in [6, 6.07) is 0.600. The number of alkyl halides is 3. The Morgan fingerprint density at radius 3 is 2.62 bits per heavy atom. The van der Waals surface area contributed by atoms with Crippen LogP contribution in [-0.2, 0) is 16.0 Å². The molecule has 11 heteroatoms. The molecule has 0 bridgehead atoms. The molecule has 1 aromatic rings. The van der Waals surface area contributed by atoms with E-state index in [9.17, 15) is 33.2 Å². The summed E-state index contributed by atoms with van der Waals surface area (Å²) in [5, 5.41) is 19.9. The standard InChI is InChI=1S/C10H9F3N2O6/c1-2-20-7(17)4-5-3-6(16)8(15(18)19)14-9(5)21-10(11,12)13/h3,16H,2,4H2,1H3. The average molecular weight is 310 g/mol. The Labute approximate surface area is 115 Å². The van der Waals surface area contributed by atoms with Crippen LogP contribution < -0.4 is 4.74 Å². The van der Waals surface area contributed by atoms with E-state index in [-0.39, 0.29) is 6.61 Å². The van der Waals surface area contributed by atoms with Gasteiger partial charge in [-0.3, -0.25) is 4.79 Å². The van der Waals surface area contributed by atoms with Crippen LogP contribution in [0, 0.1) is 10.1 Å². The molecular formula is C10H9F3N2O6. The van der Waals surface area contributed by atoms with Crippen LogP contribution in [0.3, 0.4) is 0 Å². The number of nitro groups is 1. The molecule has 0 atom stereocenters. The number of aromatic nitrogens is 1. The molecule has 0 aliphatic heterocycles. The van der Waals surface area contributed by atoms with Crippen molar-refractivity contribution in [1.29, 1.82) is 0 Å².